The van der Waals surface area contributed by atoms with Crippen LogP contribution in [0.25, 0.3) is 11.1 Å². The molecule has 7 nitrogen and oxygen atoms in total. The molecule has 0 radical (unpaired) electrons. The van der Waals surface area contributed by atoms with Crippen LogP contribution in [0.3, 0.4) is 0 Å². The summed E-state index contributed by atoms with van der Waals surface area (Å²) in [5.41, 5.74) is 2.85. The molecule has 3 rings (SSSR count). The predicted molar refractivity (Wildman–Crippen MR) is 105 cm³/mol. The summed E-state index contributed by atoms with van der Waals surface area (Å²) in [5.74, 6) is 1.49. The van der Waals surface area contributed by atoms with Crippen molar-refractivity contribution < 1.29 is 23.8 Å². The SMILES string of the molecule is COc1cc(-c2ccc(CC3NC(=O)CN(C)C3=O)cc2)cc(OC)c1OC. The molecule has 1 fully saturated rings. The van der Waals surface area contributed by atoms with Crippen molar-refractivity contribution in [1.82, 2.24) is 10.2 Å². The second kappa shape index (κ2) is 8.21. The number of amides is 2. The van der Waals surface area contributed by atoms with E-state index < -0.39 is 6.04 Å². The molecule has 1 heterocycles. The first-order valence-electron chi connectivity index (χ1n) is 8.90. The van der Waals surface area contributed by atoms with E-state index in [2.05, 4.69) is 5.32 Å². The smallest absolute Gasteiger partial charge is 0.245 e. The van der Waals surface area contributed by atoms with Gasteiger partial charge in [-0.15, -0.1) is 0 Å². The van der Waals surface area contributed by atoms with Gasteiger partial charge in [-0.25, -0.2) is 0 Å². The highest BCUT2D eigenvalue weighted by atomic mass is 16.5. The minimum Gasteiger partial charge on any atom is -0.493 e. The van der Waals surface area contributed by atoms with Gasteiger partial charge < -0.3 is 24.4 Å². The maximum Gasteiger partial charge on any atom is 0.245 e. The van der Waals surface area contributed by atoms with E-state index in [1.165, 1.54) is 4.90 Å². The van der Waals surface area contributed by atoms with Gasteiger partial charge in [0.05, 0.1) is 27.9 Å². The van der Waals surface area contributed by atoms with Crippen LogP contribution in [-0.4, -0.2) is 57.7 Å². The van der Waals surface area contributed by atoms with Crippen molar-refractivity contribution in [2.75, 3.05) is 34.9 Å². The Balaban J connectivity index is 1.83. The van der Waals surface area contributed by atoms with Crippen LogP contribution >= 0.6 is 0 Å². The van der Waals surface area contributed by atoms with Crippen molar-refractivity contribution >= 4 is 11.8 Å². The summed E-state index contributed by atoms with van der Waals surface area (Å²) in [7, 11) is 6.37. The van der Waals surface area contributed by atoms with Crippen LogP contribution in [0.4, 0.5) is 0 Å². The lowest BCUT2D eigenvalue weighted by molar-refractivity contribution is -0.142. The van der Waals surface area contributed by atoms with E-state index in [4.69, 9.17) is 14.2 Å². The standard InChI is InChI=1S/C21H24N2O5/c1-23-12-19(24)22-16(21(23)25)9-13-5-7-14(8-6-13)15-10-17(26-2)20(28-4)18(11-15)27-3/h5-8,10-11,16H,9,12H2,1-4H3,(H,22,24). The van der Waals surface area contributed by atoms with Gasteiger partial charge in [0.2, 0.25) is 17.6 Å². The van der Waals surface area contributed by atoms with E-state index in [0.29, 0.717) is 23.7 Å². The third-order valence-electron chi connectivity index (χ3n) is 4.78. The molecular weight excluding hydrogens is 360 g/mol. The van der Waals surface area contributed by atoms with Crippen LogP contribution in [0.15, 0.2) is 36.4 Å². The Labute approximate surface area is 164 Å². The van der Waals surface area contributed by atoms with Crippen LogP contribution in [0, 0.1) is 0 Å². The normalized spacial score (nSPS) is 16.6. The van der Waals surface area contributed by atoms with Crippen molar-refractivity contribution in [2.24, 2.45) is 0 Å². The first-order valence-corrected chi connectivity index (χ1v) is 8.90. The van der Waals surface area contributed by atoms with E-state index in [9.17, 15) is 9.59 Å². The number of nitrogens with zero attached hydrogens (tertiary/aromatic N) is 1. The zero-order chi connectivity index (χ0) is 20.3. The fraction of sp³-hybridized carbons (Fsp3) is 0.333. The molecule has 0 aromatic heterocycles. The summed E-state index contributed by atoms with van der Waals surface area (Å²) in [6.45, 7) is 0.107. The van der Waals surface area contributed by atoms with E-state index >= 15 is 0 Å². The molecule has 2 aromatic carbocycles. The molecule has 0 bridgehead atoms. The average molecular weight is 384 g/mol. The molecule has 1 aliphatic heterocycles. The first kappa shape index (κ1) is 19.5. The highest BCUT2D eigenvalue weighted by Crippen LogP contribution is 2.41. The molecule has 2 amide bonds. The number of hydrogen-bond acceptors (Lipinski definition) is 5. The topological polar surface area (TPSA) is 77.1 Å². The second-order valence-electron chi connectivity index (χ2n) is 6.63. The number of likely N-dealkylation sites (N-methyl/N-ethyl adjacent to an activating group) is 1. The van der Waals surface area contributed by atoms with Crippen molar-refractivity contribution in [3.63, 3.8) is 0 Å². The van der Waals surface area contributed by atoms with E-state index in [1.807, 2.05) is 36.4 Å². The lowest BCUT2D eigenvalue weighted by Gasteiger charge is -2.29. The van der Waals surface area contributed by atoms with Crippen molar-refractivity contribution in [3.8, 4) is 28.4 Å². The number of carbonyl (C=O) groups is 2. The van der Waals surface area contributed by atoms with E-state index in [1.54, 1.807) is 28.4 Å². The Kier molecular flexibility index (Phi) is 5.73. The van der Waals surface area contributed by atoms with Crippen LogP contribution in [0.1, 0.15) is 5.56 Å². The Bertz CT molecular complexity index is 854. The van der Waals surface area contributed by atoms with Gasteiger partial charge in [0.15, 0.2) is 11.5 Å². The molecule has 1 unspecified atom stereocenters. The number of piperazine rings is 1. The minimum atomic E-state index is -0.529. The summed E-state index contributed by atoms with van der Waals surface area (Å²) in [6, 6.07) is 11.1. The van der Waals surface area contributed by atoms with Crippen LogP contribution < -0.4 is 19.5 Å². The maximum absolute atomic E-state index is 12.2. The molecule has 1 aliphatic rings. The van der Waals surface area contributed by atoms with E-state index in [0.717, 1.165) is 16.7 Å². The summed E-state index contributed by atoms with van der Waals surface area (Å²) in [6.07, 6.45) is 0.449. The second-order valence-corrected chi connectivity index (χ2v) is 6.63. The molecule has 2 aromatic rings. The van der Waals surface area contributed by atoms with Gasteiger partial charge in [0, 0.05) is 13.5 Å². The summed E-state index contributed by atoms with van der Waals surface area (Å²) < 4.78 is 16.2. The van der Waals surface area contributed by atoms with Crippen molar-refractivity contribution in [1.29, 1.82) is 0 Å². The van der Waals surface area contributed by atoms with Crippen molar-refractivity contribution in [2.45, 2.75) is 12.5 Å². The maximum atomic E-state index is 12.2. The Morgan fingerprint density at radius 1 is 0.964 bits per heavy atom. The Morgan fingerprint density at radius 2 is 1.57 bits per heavy atom. The zero-order valence-electron chi connectivity index (χ0n) is 16.4. The number of ether oxygens (including phenoxy) is 3. The van der Waals surface area contributed by atoms with Crippen LogP contribution in [-0.2, 0) is 16.0 Å². The molecular formula is C21H24N2O5. The molecule has 7 heteroatoms. The van der Waals surface area contributed by atoms with Crippen LogP contribution in [0.5, 0.6) is 17.2 Å². The lowest BCUT2D eigenvalue weighted by Crippen LogP contribution is -2.57. The highest BCUT2D eigenvalue weighted by molar-refractivity contribution is 5.94. The van der Waals surface area contributed by atoms with Gasteiger partial charge in [-0.3, -0.25) is 9.59 Å². The lowest BCUT2D eigenvalue weighted by atomic mass is 9.99. The number of rotatable bonds is 6. The summed E-state index contributed by atoms with van der Waals surface area (Å²) in [4.78, 5) is 25.4. The van der Waals surface area contributed by atoms with Gasteiger partial charge in [-0.2, -0.15) is 0 Å². The van der Waals surface area contributed by atoms with E-state index in [-0.39, 0.29) is 18.4 Å². The number of carbonyl (C=O) groups excluding carboxylic acids is 2. The predicted octanol–water partition coefficient (Wildman–Crippen LogP) is 1.88. The molecule has 148 valence electrons. The molecule has 0 saturated carbocycles. The molecule has 1 saturated heterocycles. The van der Waals surface area contributed by atoms with Crippen molar-refractivity contribution in [3.05, 3.63) is 42.0 Å². The Hall–Kier alpha value is -3.22. The monoisotopic (exact) mass is 384 g/mol. The fourth-order valence-corrected chi connectivity index (χ4v) is 3.32. The Morgan fingerprint density at radius 3 is 2.11 bits per heavy atom. The van der Waals surface area contributed by atoms with Gasteiger partial charge in [0.1, 0.15) is 6.04 Å². The highest BCUT2D eigenvalue weighted by Gasteiger charge is 2.30. The van der Waals surface area contributed by atoms with Gasteiger partial charge in [-0.05, 0) is 28.8 Å². The average Bonchev–Trinajstić information content (AvgIpc) is 2.71. The first-order chi connectivity index (χ1) is 13.5. The fourth-order valence-electron chi connectivity index (χ4n) is 3.32. The number of methoxy groups -OCH3 is 3. The molecule has 1 N–H and O–H groups in total. The third-order valence-corrected chi connectivity index (χ3v) is 4.78. The molecule has 28 heavy (non-hydrogen) atoms. The van der Waals surface area contributed by atoms with Gasteiger partial charge >= 0.3 is 0 Å². The number of hydrogen-bond donors (Lipinski definition) is 1. The number of benzene rings is 2. The summed E-state index contributed by atoms with van der Waals surface area (Å²) >= 11 is 0. The van der Waals surface area contributed by atoms with Gasteiger partial charge in [0.25, 0.3) is 0 Å². The largest absolute Gasteiger partial charge is 0.493 e. The third kappa shape index (κ3) is 3.88. The molecule has 1 atom stereocenters. The molecule has 0 spiro atoms. The number of nitrogens with one attached hydrogen (secondary N) is 1. The summed E-state index contributed by atoms with van der Waals surface area (Å²) in [5, 5.41) is 2.76. The quantitative estimate of drug-likeness (QED) is 0.823. The van der Waals surface area contributed by atoms with Crippen LogP contribution in [0.2, 0.25) is 0 Å². The minimum absolute atomic E-state index is 0.0756. The van der Waals surface area contributed by atoms with Gasteiger partial charge in [-0.1, -0.05) is 24.3 Å². The molecule has 0 aliphatic carbocycles. The zero-order valence-corrected chi connectivity index (χ0v) is 16.4.